The summed E-state index contributed by atoms with van der Waals surface area (Å²) in [5.74, 6) is 1.45. The van der Waals surface area contributed by atoms with E-state index in [0.29, 0.717) is 24.0 Å². The zero-order chi connectivity index (χ0) is 18.4. The predicted molar refractivity (Wildman–Crippen MR) is 96.5 cm³/mol. The molecule has 1 aromatic rings. The molecule has 0 aromatic heterocycles. The smallest absolute Gasteiger partial charge is 0.240 e. The van der Waals surface area contributed by atoms with E-state index in [1.807, 2.05) is 18.2 Å². The number of carbonyl (C=O) groups is 2. The van der Waals surface area contributed by atoms with Crippen molar-refractivity contribution in [1.29, 1.82) is 0 Å². The minimum absolute atomic E-state index is 0.0235. The first-order valence-corrected chi connectivity index (χ1v) is 8.43. The van der Waals surface area contributed by atoms with Crippen molar-refractivity contribution in [2.45, 2.75) is 26.7 Å². The molecule has 0 bridgehead atoms. The number of carbonyl (C=O) groups excluding carboxylic acids is 2. The lowest BCUT2D eigenvalue weighted by Crippen LogP contribution is -2.38. The fraction of sp³-hybridized carbons (Fsp3) is 0.474. The lowest BCUT2D eigenvalue weighted by atomic mass is 10.0. The Balaban J connectivity index is 2.08. The Kier molecular flexibility index (Phi) is 6.44. The third-order valence-corrected chi connectivity index (χ3v) is 4.10. The van der Waals surface area contributed by atoms with Gasteiger partial charge in [-0.25, -0.2) is 0 Å². The number of nitrogens with zero attached hydrogens (tertiary/aromatic N) is 1. The van der Waals surface area contributed by atoms with E-state index in [4.69, 9.17) is 9.47 Å². The summed E-state index contributed by atoms with van der Waals surface area (Å²) >= 11 is 0. The second-order valence-corrected chi connectivity index (χ2v) is 6.45. The normalized spacial score (nSPS) is 13.5. The maximum atomic E-state index is 12.5. The van der Waals surface area contributed by atoms with E-state index in [-0.39, 0.29) is 24.8 Å². The minimum Gasteiger partial charge on any atom is -0.493 e. The van der Waals surface area contributed by atoms with Crippen LogP contribution >= 0.6 is 0 Å². The molecule has 1 heterocycles. The van der Waals surface area contributed by atoms with Crippen LogP contribution in [0.4, 0.5) is 0 Å². The van der Waals surface area contributed by atoms with Gasteiger partial charge in [0.2, 0.25) is 11.8 Å². The van der Waals surface area contributed by atoms with E-state index in [0.717, 1.165) is 17.5 Å². The van der Waals surface area contributed by atoms with E-state index in [2.05, 4.69) is 19.2 Å². The largest absolute Gasteiger partial charge is 0.493 e. The van der Waals surface area contributed by atoms with Gasteiger partial charge in [-0.2, -0.15) is 0 Å². The van der Waals surface area contributed by atoms with Gasteiger partial charge in [0.15, 0.2) is 11.5 Å². The quantitative estimate of drug-likeness (QED) is 0.822. The molecular weight excluding hydrogens is 320 g/mol. The Labute approximate surface area is 148 Å². The first-order valence-electron chi connectivity index (χ1n) is 8.43. The Hall–Kier alpha value is -2.50. The maximum absolute atomic E-state index is 12.5. The van der Waals surface area contributed by atoms with Crippen LogP contribution in [0.15, 0.2) is 18.3 Å². The first kappa shape index (κ1) is 18.8. The zero-order valence-corrected chi connectivity index (χ0v) is 15.3. The number of ether oxygens (including phenoxy) is 2. The van der Waals surface area contributed by atoms with Crippen molar-refractivity contribution in [2.24, 2.45) is 5.92 Å². The average molecular weight is 346 g/mol. The molecular formula is C19H26N2O4. The highest BCUT2D eigenvalue weighted by Gasteiger charge is 2.21. The van der Waals surface area contributed by atoms with Crippen molar-refractivity contribution < 1.29 is 19.1 Å². The highest BCUT2D eigenvalue weighted by Crippen LogP contribution is 2.32. The van der Waals surface area contributed by atoms with Crippen LogP contribution in [0.5, 0.6) is 11.5 Å². The van der Waals surface area contributed by atoms with Gasteiger partial charge < -0.3 is 19.7 Å². The van der Waals surface area contributed by atoms with E-state index in [9.17, 15) is 9.59 Å². The Morgan fingerprint density at radius 3 is 2.56 bits per heavy atom. The molecule has 0 spiro atoms. The molecule has 1 N–H and O–H groups in total. The minimum atomic E-state index is -0.153. The summed E-state index contributed by atoms with van der Waals surface area (Å²) in [5.41, 5.74) is 1.73. The molecule has 1 aliphatic rings. The lowest BCUT2D eigenvalue weighted by Gasteiger charge is -2.17. The van der Waals surface area contributed by atoms with Gasteiger partial charge in [0.1, 0.15) is 6.54 Å². The summed E-state index contributed by atoms with van der Waals surface area (Å²) in [6.45, 7) is 4.85. The summed E-state index contributed by atoms with van der Waals surface area (Å²) in [6.07, 6.45) is 4.61. The van der Waals surface area contributed by atoms with Crippen LogP contribution < -0.4 is 14.8 Å². The standard InChI is InChI=1S/C19H26N2O4/c1-13(2)5-7-20-18(22)12-21-8-6-14-9-16(24-3)17(25-4)10-15(14)11-19(21)23/h6,8-10,13H,5,7,11-12H2,1-4H3,(H,20,22). The molecule has 2 amide bonds. The molecule has 0 radical (unpaired) electrons. The first-order chi connectivity index (χ1) is 11.9. The van der Waals surface area contributed by atoms with E-state index in [1.165, 1.54) is 4.90 Å². The average Bonchev–Trinajstić information content (AvgIpc) is 2.72. The third kappa shape index (κ3) is 4.98. The summed E-state index contributed by atoms with van der Waals surface area (Å²) in [7, 11) is 3.13. The van der Waals surface area contributed by atoms with Crippen molar-refractivity contribution in [3.05, 3.63) is 29.5 Å². The topological polar surface area (TPSA) is 67.9 Å². The number of methoxy groups -OCH3 is 2. The van der Waals surface area contributed by atoms with Crippen molar-refractivity contribution in [3.8, 4) is 11.5 Å². The van der Waals surface area contributed by atoms with Crippen molar-refractivity contribution in [2.75, 3.05) is 27.3 Å². The Morgan fingerprint density at radius 2 is 1.92 bits per heavy atom. The van der Waals surface area contributed by atoms with Crippen LogP contribution in [-0.2, 0) is 16.0 Å². The summed E-state index contributed by atoms with van der Waals surface area (Å²) in [5, 5.41) is 2.85. The fourth-order valence-corrected chi connectivity index (χ4v) is 2.61. The highest BCUT2D eigenvalue weighted by molar-refractivity contribution is 5.89. The van der Waals surface area contributed by atoms with Gasteiger partial charge in [-0.15, -0.1) is 0 Å². The number of benzene rings is 1. The van der Waals surface area contributed by atoms with Gasteiger partial charge in [-0.1, -0.05) is 13.8 Å². The SMILES string of the molecule is COc1cc2c(cc1OC)CC(=O)N(CC(=O)NCCC(C)C)C=C2. The molecule has 25 heavy (non-hydrogen) atoms. The Morgan fingerprint density at radius 1 is 1.24 bits per heavy atom. The van der Waals surface area contributed by atoms with Gasteiger partial charge in [-0.3, -0.25) is 9.59 Å². The van der Waals surface area contributed by atoms with Crippen LogP contribution in [0.25, 0.3) is 6.08 Å². The summed E-state index contributed by atoms with van der Waals surface area (Å²) in [4.78, 5) is 26.0. The zero-order valence-electron chi connectivity index (χ0n) is 15.3. The molecule has 0 fully saturated rings. The maximum Gasteiger partial charge on any atom is 0.240 e. The second-order valence-electron chi connectivity index (χ2n) is 6.45. The number of amides is 2. The molecule has 1 aliphatic heterocycles. The van der Waals surface area contributed by atoms with Crippen LogP contribution in [0.2, 0.25) is 0 Å². The number of hydrogen-bond donors (Lipinski definition) is 1. The molecule has 0 aliphatic carbocycles. The molecule has 0 saturated heterocycles. The lowest BCUT2D eigenvalue weighted by molar-refractivity contribution is -0.132. The van der Waals surface area contributed by atoms with Crippen LogP contribution in [0.1, 0.15) is 31.4 Å². The third-order valence-electron chi connectivity index (χ3n) is 4.10. The number of fused-ring (bicyclic) bond motifs is 1. The van der Waals surface area contributed by atoms with Gasteiger partial charge in [0.05, 0.1) is 20.6 Å². The molecule has 0 atom stereocenters. The summed E-state index contributed by atoms with van der Waals surface area (Å²) in [6, 6.07) is 3.65. The molecule has 1 aromatic carbocycles. The van der Waals surface area contributed by atoms with Gasteiger partial charge >= 0.3 is 0 Å². The molecule has 2 rings (SSSR count). The Bertz CT molecular complexity index is 668. The molecule has 6 heteroatoms. The predicted octanol–water partition coefficient (Wildman–Crippen LogP) is 2.22. The van der Waals surface area contributed by atoms with Crippen molar-refractivity contribution in [3.63, 3.8) is 0 Å². The van der Waals surface area contributed by atoms with E-state index in [1.54, 1.807) is 20.4 Å². The van der Waals surface area contributed by atoms with Gasteiger partial charge in [0, 0.05) is 12.7 Å². The van der Waals surface area contributed by atoms with Gasteiger partial charge in [0.25, 0.3) is 0 Å². The number of nitrogens with one attached hydrogen (secondary N) is 1. The monoisotopic (exact) mass is 346 g/mol. The molecule has 0 unspecified atom stereocenters. The molecule has 0 saturated carbocycles. The molecule has 136 valence electrons. The van der Waals surface area contributed by atoms with Crippen molar-refractivity contribution in [1.82, 2.24) is 10.2 Å². The summed E-state index contributed by atoms with van der Waals surface area (Å²) < 4.78 is 10.6. The van der Waals surface area contributed by atoms with Crippen LogP contribution in [0, 0.1) is 5.92 Å². The number of rotatable bonds is 7. The second kappa shape index (κ2) is 8.55. The number of hydrogen-bond acceptors (Lipinski definition) is 4. The molecule has 6 nitrogen and oxygen atoms in total. The van der Waals surface area contributed by atoms with Gasteiger partial charge in [-0.05, 0) is 41.7 Å². The van der Waals surface area contributed by atoms with E-state index < -0.39 is 0 Å². The van der Waals surface area contributed by atoms with E-state index >= 15 is 0 Å². The van der Waals surface area contributed by atoms with Crippen LogP contribution in [-0.4, -0.2) is 44.0 Å². The van der Waals surface area contributed by atoms with Crippen molar-refractivity contribution >= 4 is 17.9 Å². The highest BCUT2D eigenvalue weighted by atomic mass is 16.5. The fourth-order valence-electron chi connectivity index (χ4n) is 2.61. The van der Waals surface area contributed by atoms with Crippen LogP contribution in [0.3, 0.4) is 0 Å².